The van der Waals surface area contributed by atoms with Crippen LogP contribution in [0.3, 0.4) is 0 Å². The van der Waals surface area contributed by atoms with Crippen LogP contribution < -0.4 is 4.18 Å². The van der Waals surface area contributed by atoms with E-state index < -0.39 is 69.4 Å². The van der Waals surface area contributed by atoms with Gasteiger partial charge >= 0.3 is 26.5 Å². The van der Waals surface area contributed by atoms with Crippen LogP contribution in [0.5, 0.6) is 5.75 Å². The molecule has 1 rings (SSSR count). The fourth-order valence-electron chi connectivity index (χ4n) is 2.38. The lowest BCUT2D eigenvalue weighted by molar-refractivity contribution is -0.247. The highest BCUT2D eigenvalue weighted by Gasteiger charge is 2.81. The lowest BCUT2D eigenvalue weighted by Crippen LogP contribution is -2.61. The molecule has 0 saturated heterocycles. The SMILES string of the molecule is CCC(C)(C)C(=O)CC(=O)S(C)(C)c1ccc(OS(=O)(=O)C(F)(F)C(F)(F)C(F)(F)S(=O)(=O)[O-])cc1. The molecular formula is C19H23F6O8S3-. The second-order valence-corrected chi connectivity index (χ2v) is 15.2. The topological polar surface area (TPSA) is 135 Å². The molecule has 1 aromatic rings. The molecule has 17 heteroatoms. The first-order valence-electron chi connectivity index (χ1n) is 9.72. The number of benzene rings is 1. The van der Waals surface area contributed by atoms with Crippen LogP contribution in [0.4, 0.5) is 26.3 Å². The smallest absolute Gasteiger partial charge is 0.450 e. The van der Waals surface area contributed by atoms with Gasteiger partial charge in [0.1, 0.15) is 11.5 Å². The minimum Gasteiger partial charge on any atom is -0.743 e. The van der Waals surface area contributed by atoms with Crippen LogP contribution in [0.2, 0.25) is 0 Å². The molecule has 0 aromatic heterocycles. The highest BCUT2D eigenvalue weighted by atomic mass is 32.3. The van der Waals surface area contributed by atoms with Gasteiger partial charge in [0.2, 0.25) is 0 Å². The minimum absolute atomic E-state index is 0.209. The summed E-state index contributed by atoms with van der Waals surface area (Å²) in [6.07, 6.45) is 3.00. The highest BCUT2D eigenvalue weighted by molar-refractivity contribution is 8.44. The Bertz CT molecular complexity index is 1220. The molecule has 8 nitrogen and oxygen atoms in total. The zero-order valence-corrected chi connectivity index (χ0v) is 21.9. The summed E-state index contributed by atoms with van der Waals surface area (Å²) in [5.41, 5.74) is -0.771. The molecule has 0 aliphatic carbocycles. The molecule has 0 radical (unpaired) electrons. The average Bonchev–Trinajstić information content (AvgIpc) is 2.72. The number of alkyl halides is 6. The van der Waals surface area contributed by atoms with Crippen molar-refractivity contribution in [3.8, 4) is 5.75 Å². The van der Waals surface area contributed by atoms with E-state index in [1.54, 1.807) is 20.8 Å². The van der Waals surface area contributed by atoms with E-state index in [0.29, 0.717) is 18.6 Å². The van der Waals surface area contributed by atoms with Crippen molar-refractivity contribution in [3.05, 3.63) is 24.3 Å². The third-order valence-electron chi connectivity index (χ3n) is 5.49. The lowest BCUT2D eigenvalue weighted by Gasteiger charge is -2.32. The van der Waals surface area contributed by atoms with Crippen LogP contribution in [-0.2, 0) is 29.8 Å². The first-order chi connectivity index (χ1) is 15.8. The number of Topliss-reactive ketones (excluding diaryl/α,β-unsaturated/α-hetero) is 1. The van der Waals surface area contributed by atoms with Gasteiger partial charge in [-0.1, -0.05) is 20.8 Å². The Morgan fingerprint density at radius 1 is 0.889 bits per heavy atom. The maximum atomic E-state index is 13.9. The van der Waals surface area contributed by atoms with Gasteiger partial charge in [0.05, 0.1) is 6.42 Å². The monoisotopic (exact) mass is 589 g/mol. The van der Waals surface area contributed by atoms with Gasteiger partial charge in [0, 0.05) is 5.41 Å². The van der Waals surface area contributed by atoms with Crippen molar-refractivity contribution >= 4 is 41.2 Å². The van der Waals surface area contributed by atoms with Crippen molar-refractivity contribution in [2.75, 3.05) is 12.5 Å². The molecule has 0 unspecified atom stereocenters. The second kappa shape index (κ2) is 9.79. The van der Waals surface area contributed by atoms with E-state index in [4.69, 9.17) is 0 Å². The summed E-state index contributed by atoms with van der Waals surface area (Å²) < 4.78 is 140. The molecule has 0 fully saturated rings. The molecule has 208 valence electrons. The summed E-state index contributed by atoms with van der Waals surface area (Å²) in [6.45, 7) is 5.06. The van der Waals surface area contributed by atoms with Crippen LogP contribution in [0.25, 0.3) is 0 Å². The van der Waals surface area contributed by atoms with Crippen molar-refractivity contribution in [2.24, 2.45) is 5.41 Å². The summed E-state index contributed by atoms with van der Waals surface area (Å²) in [5, 5.41) is -14.3. The summed E-state index contributed by atoms with van der Waals surface area (Å²) in [5.74, 6) is -8.61. The molecule has 0 saturated carbocycles. The van der Waals surface area contributed by atoms with Gasteiger partial charge in [0.15, 0.2) is 15.2 Å². The van der Waals surface area contributed by atoms with E-state index in [9.17, 15) is 57.3 Å². The van der Waals surface area contributed by atoms with Crippen molar-refractivity contribution in [1.82, 2.24) is 0 Å². The van der Waals surface area contributed by atoms with Gasteiger partial charge in [-0.25, -0.2) is 8.42 Å². The average molecular weight is 590 g/mol. The van der Waals surface area contributed by atoms with Crippen molar-refractivity contribution in [2.45, 2.75) is 54.9 Å². The number of hydrogen-bond donors (Lipinski definition) is 0. The van der Waals surface area contributed by atoms with Crippen LogP contribution in [-0.4, -0.2) is 61.2 Å². The number of halogens is 6. The second-order valence-electron chi connectivity index (χ2n) is 8.61. The quantitative estimate of drug-likeness (QED) is 0.163. The maximum Gasteiger partial charge on any atom is 0.450 e. The third-order valence-corrected chi connectivity index (χ3v) is 10.4. The van der Waals surface area contributed by atoms with E-state index in [1.165, 1.54) is 12.5 Å². The van der Waals surface area contributed by atoms with E-state index in [2.05, 4.69) is 4.18 Å². The highest BCUT2D eigenvalue weighted by Crippen LogP contribution is 2.53. The summed E-state index contributed by atoms with van der Waals surface area (Å²) in [4.78, 5) is 25.3. The molecule has 36 heavy (non-hydrogen) atoms. The Labute approximate surface area is 205 Å². The summed E-state index contributed by atoms with van der Waals surface area (Å²) >= 11 is 0. The van der Waals surface area contributed by atoms with Gasteiger partial charge in [0.25, 0.3) is 0 Å². The molecule has 0 bridgehead atoms. The van der Waals surface area contributed by atoms with E-state index >= 15 is 0 Å². The Morgan fingerprint density at radius 3 is 1.72 bits per heavy atom. The number of rotatable bonds is 11. The Morgan fingerprint density at radius 2 is 1.33 bits per heavy atom. The summed E-state index contributed by atoms with van der Waals surface area (Å²) in [6, 6.07) is 3.34. The maximum absolute atomic E-state index is 13.9. The number of ketones is 1. The molecule has 0 spiro atoms. The van der Waals surface area contributed by atoms with E-state index in [-0.39, 0.29) is 10.7 Å². The molecule has 0 aliphatic heterocycles. The van der Waals surface area contributed by atoms with Gasteiger partial charge in [-0.2, -0.15) is 44.8 Å². The molecule has 1 aromatic carbocycles. The number of hydrogen-bond acceptors (Lipinski definition) is 8. The fourth-order valence-corrected chi connectivity index (χ4v) is 5.37. The van der Waals surface area contributed by atoms with E-state index in [0.717, 1.165) is 12.1 Å². The Kier molecular flexibility index (Phi) is 8.75. The van der Waals surface area contributed by atoms with Crippen LogP contribution in [0.15, 0.2) is 29.2 Å². The normalized spacial score (nSPS) is 14.9. The number of carbonyl (C=O) groups excluding carboxylic acids is 2. The predicted octanol–water partition coefficient (Wildman–Crippen LogP) is 4.11. The fraction of sp³-hybridized carbons (Fsp3) is 0.579. The lowest BCUT2D eigenvalue weighted by atomic mass is 9.84. The predicted molar refractivity (Wildman–Crippen MR) is 117 cm³/mol. The molecular weight excluding hydrogens is 566 g/mol. The van der Waals surface area contributed by atoms with Crippen molar-refractivity contribution in [3.63, 3.8) is 0 Å². The van der Waals surface area contributed by atoms with Gasteiger partial charge in [-0.3, -0.25) is 9.59 Å². The molecule has 0 aliphatic rings. The first kappa shape index (κ1) is 32.2. The first-order valence-corrected chi connectivity index (χ1v) is 15.0. The summed E-state index contributed by atoms with van der Waals surface area (Å²) in [7, 11) is -16.8. The number of carbonyl (C=O) groups is 2. The van der Waals surface area contributed by atoms with Gasteiger partial charge < -0.3 is 8.74 Å². The van der Waals surface area contributed by atoms with Crippen LogP contribution in [0, 0.1) is 5.41 Å². The standard InChI is InChI=1S/C19H24F6O8S3/c1-6-16(2,3)14(26)11-15(27)34(4,5)13-9-7-12(8-10-13)33-36(31,32)19(24,25)17(20,21)18(22,23)35(28,29)30/h7-10H,6,11H2,1-5H3,(H,28,29,30)/p-1. The minimum atomic E-state index is -7.41. The largest absolute Gasteiger partial charge is 0.743 e. The van der Waals surface area contributed by atoms with Gasteiger partial charge in [-0.15, -0.1) is 0 Å². The van der Waals surface area contributed by atoms with Crippen LogP contribution >= 0.6 is 10.0 Å². The molecule has 0 amide bonds. The Hall–Kier alpha value is -1.85. The molecule has 0 atom stereocenters. The van der Waals surface area contributed by atoms with Crippen LogP contribution in [0.1, 0.15) is 33.6 Å². The van der Waals surface area contributed by atoms with Gasteiger partial charge in [-0.05, 0) is 48.1 Å². The Balaban J connectivity index is 3.25. The molecule has 0 N–H and O–H groups in total. The van der Waals surface area contributed by atoms with Crippen molar-refractivity contribution in [1.29, 1.82) is 0 Å². The zero-order chi connectivity index (χ0) is 28.8. The molecule has 0 heterocycles. The third kappa shape index (κ3) is 5.67. The zero-order valence-electron chi connectivity index (χ0n) is 19.5. The van der Waals surface area contributed by atoms with E-state index in [1.807, 2.05) is 0 Å². The van der Waals surface area contributed by atoms with Crippen molar-refractivity contribution < 1.29 is 61.5 Å².